The van der Waals surface area contributed by atoms with E-state index in [0.717, 1.165) is 0 Å². The van der Waals surface area contributed by atoms with E-state index < -0.39 is 5.97 Å². The smallest absolute Gasteiger partial charge is 0.335 e. The van der Waals surface area contributed by atoms with Crippen molar-refractivity contribution in [1.29, 1.82) is 0 Å². The first-order chi connectivity index (χ1) is 9.88. The second kappa shape index (κ2) is 7.64. The topological polar surface area (TPSA) is 102 Å². The van der Waals surface area contributed by atoms with Gasteiger partial charge in [0.05, 0.1) is 24.3 Å². The third-order valence-electron chi connectivity index (χ3n) is 3.12. The summed E-state index contributed by atoms with van der Waals surface area (Å²) in [4.78, 5) is 23.2. The lowest BCUT2D eigenvalue weighted by atomic mass is 9.96. The van der Waals surface area contributed by atoms with Gasteiger partial charge in [-0.05, 0) is 30.5 Å². The number of hydrogen-bond donors (Lipinski definition) is 3. The average Bonchev–Trinajstić information content (AvgIpc) is 2.44. The number of nitrogens with two attached hydrogens (primary N) is 1. The van der Waals surface area contributed by atoms with Crippen LogP contribution in [0.3, 0.4) is 0 Å². The number of carboxylic acid groups (broad SMARTS) is 1. The fraction of sp³-hybridized carbons (Fsp3) is 0.467. The Bertz CT molecular complexity index is 514. The summed E-state index contributed by atoms with van der Waals surface area (Å²) in [6.45, 7) is 4.27. The van der Waals surface area contributed by atoms with E-state index in [1.807, 2.05) is 13.8 Å². The first kappa shape index (κ1) is 17.0. The van der Waals surface area contributed by atoms with Gasteiger partial charge in [0.25, 0.3) is 0 Å². The number of rotatable bonds is 7. The molecular weight excluding hydrogens is 272 g/mol. The van der Waals surface area contributed by atoms with Crippen LogP contribution >= 0.6 is 0 Å². The third kappa shape index (κ3) is 4.75. The maximum Gasteiger partial charge on any atom is 0.335 e. The highest BCUT2D eigenvalue weighted by molar-refractivity contribution is 5.96. The number of nitrogens with one attached hydrogen (secondary N) is 1. The number of aromatic carboxylic acids is 1. The summed E-state index contributed by atoms with van der Waals surface area (Å²) >= 11 is 0. The summed E-state index contributed by atoms with van der Waals surface area (Å²) < 4.78 is 5.14. The SMILES string of the molecule is COc1ccc(C(=O)O)cc1NC(=O)C(CN)CC(C)C. The highest BCUT2D eigenvalue weighted by atomic mass is 16.5. The van der Waals surface area contributed by atoms with Crippen molar-refractivity contribution in [2.45, 2.75) is 20.3 Å². The summed E-state index contributed by atoms with van der Waals surface area (Å²) in [7, 11) is 1.46. The third-order valence-corrected chi connectivity index (χ3v) is 3.12. The quantitative estimate of drug-likeness (QED) is 0.713. The minimum atomic E-state index is -1.06. The molecule has 1 amide bonds. The normalized spacial score (nSPS) is 12.0. The Balaban J connectivity index is 2.96. The molecule has 116 valence electrons. The molecule has 0 aliphatic carbocycles. The number of amides is 1. The van der Waals surface area contributed by atoms with Crippen LogP contribution < -0.4 is 15.8 Å². The molecular formula is C15H22N2O4. The number of carbonyl (C=O) groups is 2. The predicted molar refractivity (Wildman–Crippen MR) is 80.6 cm³/mol. The molecule has 1 unspecified atom stereocenters. The van der Waals surface area contributed by atoms with Gasteiger partial charge in [-0.3, -0.25) is 4.79 Å². The number of carboxylic acids is 1. The van der Waals surface area contributed by atoms with Gasteiger partial charge in [0.1, 0.15) is 5.75 Å². The number of hydrogen-bond acceptors (Lipinski definition) is 4. The minimum absolute atomic E-state index is 0.0826. The molecule has 4 N–H and O–H groups in total. The van der Waals surface area contributed by atoms with Gasteiger partial charge in [0.15, 0.2) is 0 Å². The molecule has 6 heteroatoms. The van der Waals surface area contributed by atoms with Crippen LogP contribution in [0.4, 0.5) is 5.69 Å². The molecule has 0 saturated carbocycles. The zero-order valence-corrected chi connectivity index (χ0v) is 12.6. The Kier molecular flexibility index (Phi) is 6.17. The standard InChI is InChI=1S/C15H22N2O4/c1-9(2)6-11(8-16)14(18)17-12-7-10(15(19)20)4-5-13(12)21-3/h4-5,7,9,11H,6,8,16H2,1-3H3,(H,17,18)(H,19,20). The molecule has 1 atom stereocenters. The van der Waals surface area contributed by atoms with Crippen LogP contribution in [-0.4, -0.2) is 30.6 Å². The lowest BCUT2D eigenvalue weighted by Gasteiger charge is -2.18. The van der Waals surface area contributed by atoms with E-state index in [1.165, 1.54) is 25.3 Å². The van der Waals surface area contributed by atoms with Gasteiger partial charge in [-0.15, -0.1) is 0 Å². The number of ether oxygens (including phenoxy) is 1. The molecule has 1 aromatic rings. The molecule has 1 aromatic carbocycles. The van der Waals surface area contributed by atoms with Crippen molar-refractivity contribution in [3.63, 3.8) is 0 Å². The molecule has 1 rings (SSSR count). The second-order valence-corrected chi connectivity index (χ2v) is 5.27. The Morgan fingerprint density at radius 1 is 1.38 bits per heavy atom. The summed E-state index contributed by atoms with van der Waals surface area (Å²) in [5, 5.41) is 11.7. The molecule has 0 bridgehead atoms. The van der Waals surface area contributed by atoms with E-state index >= 15 is 0 Å². The van der Waals surface area contributed by atoms with E-state index in [4.69, 9.17) is 15.6 Å². The molecule has 0 saturated heterocycles. The Morgan fingerprint density at radius 3 is 2.52 bits per heavy atom. The molecule has 0 aromatic heterocycles. The van der Waals surface area contributed by atoms with Crippen LogP contribution in [0.1, 0.15) is 30.6 Å². The van der Waals surface area contributed by atoms with Crippen LogP contribution in [0.25, 0.3) is 0 Å². The Morgan fingerprint density at radius 2 is 2.05 bits per heavy atom. The summed E-state index contributed by atoms with van der Waals surface area (Å²) in [6, 6.07) is 4.31. The fourth-order valence-corrected chi connectivity index (χ4v) is 2.05. The number of anilines is 1. The van der Waals surface area contributed by atoms with Crippen LogP contribution in [0.5, 0.6) is 5.75 Å². The van der Waals surface area contributed by atoms with Crippen molar-refractivity contribution in [3.8, 4) is 5.75 Å². The van der Waals surface area contributed by atoms with Crippen LogP contribution in [0.15, 0.2) is 18.2 Å². The van der Waals surface area contributed by atoms with Gasteiger partial charge in [-0.25, -0.2) is 4.79 Å². The molecule has 0 heterocycles. The lowest BCUT2D eigenvalue weighted by Crippen LogP contribution is -2.30. The second-order valence-electron chi connectivity index (χ2n) is 5.27. The van der Waals surface area contributed by atoms with Crippen molar-refractivity contribution in [1.82, 2.24) is 0 Å². The predicted octanol–water partition coefficient (Wildman–Crippen LogP) is 1.95. The molecule has 0 fully saturated rings. The van der Waals surface area contributed by atoms with Gasteiger partial charge in [0, 0.05) is 6.54 Å². The number of carbonyl (C=O) groups excluding carboxylic acids is 1. The van der Waals surface area contributed by atoms with E-state index in [1.54, 1.807) is 0 Å². The van der Waals surface area contributed by atoms with E-state index in [2.05, 4.69) is 5.32 Å². The van der Waals surface area contributed by atoms with Crippen LogP contribution in [-0.2, 0) is 4.79 Å². The molecule has 0 spiro atoms. The van der Waals surface area contributed by atoms with Crippen molar-refractivity contribution in [3.05, 3.63) is 23.8 Å². The Labute approximate surface area is 124 Å². The van der Waals surface area contributed by atoms with E-state index in [-0.39, 0.29) is 23.9 Å². The van der Waals surface area contributed by atoms with Crippen molar-refractivity contribution >= 4 is 17.6 Å². The number of methoxy groups -OCH3 is 1. The largest absolute Gasteiger partial charge is 0.495 e. The van der Waals surface area contributed by atoms with Crippen molar-refractivity contribution in [2.75, 3.05) is 19.0 Å². The fourth-order valence-electron chi connectivity index (χ4n) is 2.05. The highest BCUT2D eigenvalue weighted by Gasteiger charge is 2.20. The molecule has 6 nitrogen and oxygen atoms in total. The molecule has 0 radical (unpaired) electrons. The van der Waals surface area contributed by atoms with Gasteiger partial charge in [-0.1, -0.05) is 13.8 Å². The minimum Gasteiger partial charge on any atom is -0.495 e. The van der Waals surface area contributed by atoms with Gasteiger partial charge in [0.2, 0.25) is 5.91 Å². The van der Waals surface area contributed by atoms with Gasteiger partial charge < -0.3 is 20.9 Å². The number of benzene rings is 1. The lowest BCUT2D eigenvalue weighted by molar-refractivity contribution is -0.120. The maximum absolute atomic E-state index is 12.2. The molecule has 21 heavy (non-hydrogen) atoms. The Hall–Kier alpha value is -2.08. The van der Waals surface area contributed by atoms with Crippen LogP contribution in [0, 0.1) is 11.8 Å². The van der Waals surface area contributed by atoms with Crippen molar-refractivity contribution < 1.29 is 19.4 Å². The van der Waals surface area contributed by atoms with Crippen LogP contribution in [0.2, 0.25) is 0 Å². The first-order valence-electron chi connectivity index (χ1n) is 6.81. The first-order valence-corrected chi connectivity index (χ1v) is 6.81. The summed E-state index contributed by atoms with van der Waals surface area (Å²) in [5.74, 6) is -0.855. The van der Waals surface area contributed by atoms with E-state index in [0.29, 0.717) is 23.8 Å². The van der Waals surface area contributed by atoms with Gasteiger partial charge in [-0.2, -0.15) is 0 Å². The zero-order chi connectivity index (χ0) is 16.0. The summed E-state index contributed by atoms with van der Waals surface area (Å²) in [5.41, 5.74) is 6.06. The molecule has 0 aliphatic rings. The zero-order valence-electron chi connectivity index (χ0n) is 12.6. The monoisotopic (exact) mass is 294 g/mol. The highest BCUT2D eigenvalue weighted by Crippen LogP contribution is 2.26. The maximum atomic E-state index is 12.2. The van der Waals surface area contributed by atoms with E-state index in [9.17, 15) is 9.59 Å². The summed E-state index contributed by atoms with van der Waals surface area (Å²) in [6.07, 6.45) is 0.670. The van der Waals surface area contributed by atoms with Crippen molar-refractivity contribution in [2.24, 2.45) is 17.6 Å². The van der Waals surface area contributed by atoms with Gasteiger partial charge >= 0.3 is 5.97 Å². The average molecular weight is 294 g/mol. The molecule has 0 aliphatic heterocycles.